The summed E-state index contributed by atoms with van der Waals surface area (Å²) in [6, 6.07) is -4.64. The summed E-state index contributed by atoms with van der Waals surface area (Å²) in [6.45, 7) is -0.599. The number of nitrogens with one attached hydrogen (secondary N) is 1. The molecule has 2 heterocycles. The van der Waals surface area contributed by atoms with Crippen LogP contribution >= 0.6 is 49.6 Å². The number of carbonyl (C=O) groups is 1. The van der Waals surface area contributed by atoms with Crippen molar-refractivity contribution in [3.05, 3.63) is 0 Å². The van der Waals surface area contributed by atoms with Crippen molar-refractivity contribution >= 4 is 55.7 Å². The van der Waals surface area contributed by atoms with Gasteiger partial charge in [0.1, 0.15) is 36.6 Å². The highest BCUT2D eigenvalue weighted by Gasteiger charge is 2.51. The molecule has 0 unspecified atom stereocenters. The van der Waals surface area contributed by atoms with E-state index in [1.54, 1.807) is 0 Å². The minimum atomic E-state index is -1.51. The van der Waals surface area contributed by atoms with E-state index in [9.17, 15) is 30.3 Å². The molecule has 0 bridgehead atoms. The smallest absolute Gasteiger partial charge is 0.312 e. The number of carbonyl (C=O) groups excluding carboxylic acids is 1. The summed E-state index contributed by atoms with van der Waals surface area (Å²) in [5.41, 5.74) is 29.0. The lowest BCUT2D eigenvalue weighted by atomic mass is 9.83. The Morgan fingerprint density at radius 1 is 0.821 bits per heavy atom. The number of nitrogens with two attached hydrogens (primary N) is 5. The summed E-state index contributed by atoms with van der Waals surface area (Å²) < 4.78 is 22.8. The zero-order valence-corrected chi connectivity index (χ0v) is 24.0. The number of aliphatic hydroxyl groups is 5. The number of halogens is 4. The highest BCUT2D eigenvalue weighted by atomic mass is 35.5. The van der Waals surface area contributed by atoms with Crippen molar-refractivity contribution < 1.29 is 49.3 Å². The Labute approximate surface area is 250 Å². The Morgan fingerprint density at radius 2 is 1.38 bits per heavy atom. The van der Waals surface area contributed by atoms with Gasteiger partial charge in [-0.15, -0.1) is 49.6 Å². The van der Waals surface area contributed by atoms with Gasteiger partial charge in [0.25, 0.3) is 0 Å². The Kier molecular flexibility index (Phi) is 18.7. The van der Waals surface area contributed by atoms with Crippen LogP contribution in [0.5, 0.6) is 0 Å². The molecule has 1 aliphatic carbocycles. The fourth-order valence-corrected chi connectivity index (χ4v) is 4.71. The van der Waals surface area contributed by atoms with Crippen LogP contribution in [-0.4, -0.2) is 130 Å². The van der Waals surface area contributed by atoms with Crippen LogP contribution in [0.4, 0.5) is 4.79 Å². The number of rotatable bonds is 7. The predicted octanol–water partition coefficient (Wildman–Crippen LogP) is -4.90. The highest BCUT2D eigenvalue weighted by Crippen LogP contribution is 2.31. The quantitative estimate of drug-likeness (QED) is 0.123. The van der Waals surface area contributed by atoms with Gasteiger partial charge in [0.15, 0.2) is 12.6 Å². The standard InChI is InChI=1S/C19H38N6O10.4ClH/c20-3-9-8(27)2-6(22)17(32-9)35-16-7(25-19(24)31)1-5(21)15(14(16)30)34-18-13(29)11(23)12(28)10(4-26)33-18;;;;/h5-18,26-30H,1-4,20-23H2,(H3,24,25,31);4*1H/t5-,6-,7+,8+,9-,10-,11+,12-,13-,14-,15+,16-,17-,18-;;;;/m1..../s1. The molecule has 0 aromatic rings. The van der Waals surface area contributed by atoms with Gasteiger partial charge < -0.3 is 78.5 Å². The third-order valence-electron chi connectivity index (χ3n) is 6.70. The SMILES string of the molecule is Cl.Cl.Cl.Cl.NC[C@H]1O[C@H](O[C@H]2[C@H](O)[C@@H](O[C@H]3O[C@H](CO)[C@@H](O)[C@H](N)[C@H]3O)[C@H](N)C[C@@H]2NC(N)=O)[C@H](N)C[C@@H]1O. The van der Waals surface area contributed by atoms with Crippen molar-refractivity contribution in [2.75, 3.05) is 13.2 Å². The van der Waals surface area contributed by atoms with Gasteiger partial charge >= 0.3 is 6.03 Å². The van der Waals surface area contributed by atoms with Crippen LogP contribution in [0.3, 0.4) is 0 Å². The van der Waals surface area contributed by atoms with Crippen molar-refractivity contribution in [2.24, 2.45) is 28.7 Å². The summed E-state index contributed by atoms with van der Waals surface area (Å²) in [7, 11) is 0. The maximum atomic E-state index is 11.6. The Morgan fingerprint density at radius 3 is 1.92 bits per heavy atom. The second-order valence-electron chi connectivity index (χ2n) is 9.24. The van der Waals surface area contributed by atoms with Gasteiger partial charge in [-0.3, -0.25) is 0 Å². The van der Waals surface area contributed by atoms with Crippen molar-refractivity contribution in [3.8, 4) is 0 Å². The molecule has 2 aliphatic heterocycles. The number of urea groups is 1. The van der Waals surface area contributed by atoms with Gasteiger partial charge in [0.05, 0.1) is 36.9 Å². The molecule has 1 saturated carbocycles. The van der Waals surface area contributed by atoms with Gasteiger partial charge in [-0.05, 0) is 12.8 Å². The van der Waals surface area contributed by atoms with Gasteiger partial charge in [-0.1, -0.05) is 0 Å². The van der Waals surface area contributed by atoms with Crippen LogP contribution < -0.4 is 34.0 Å². The van der Waals surface area contributed by atoms with Gasteiger partial charge in [0.2, 0.25) is 0 Å². The second kappa shape index (κ2) is 17.8. The van der Waals surface area contributed by atoms with E-state index >= 15 is 0 Å². The monoisotopic (exact) mass is 654 g/mol. The molecular formula is C19H42Cl4N6O10. The first-order chi connectivity index (χ1) is 16.5. The molecule has 39 heavy (non-hydrogen) atoms. The molecule has 0 spiro atoms. The van der Waals surface area contributed by atoms with Crippen LogP contribution in [0.25, 0.3) is 0 Å². The van der Waals surface area contributed by atoms with Gasteiger partial charge in [0, 0.05) is 12.6 Å². The number of primary amides is 1. The molecule has 3 fully saturated rings. The summed E-state index contributed by atoms with van der Waals surface area (Å²) in [6.07, 6.45) is -12.0. The molecular weight excluding hydrogens is 614 g/mol. The molecule has 236 valence electrons. The Hall–Kier alpha value is -0.0900. The van der Waals surface area contributed by atoms with E-state index in [4.69, 9.17) is 47.6 Å². The lowest BCUT2D eigenvalue weighted by Gasteiger charge is -2.48. The van der Waals surface area contributed by atoms with Crippen molar-refractivity contribution in [1.82, 2.24) is 5.32 Å². The number of ether oxygens (including phenoxy) is 4. The Balaban J connectivity index is 0. The average molecular weight is 656 g/mol. The summed E-state index contributed by atoms with van der Waals surface area (Å²) in [5.74, 6) is 0. The molecule has 2 saturated heterocycles. The minimum absolute atomic E-state index is 0. The van der Waals surface area contributed by atoms with Crippen molar-refractivity contribution in [3.63, 3.8) is 0 Å². The predicted molar refractivity (Wildman–Crippen MR) is 146 cm³/mol. The summed E-state index contributed by atoms with van der Waals surface area (Å²) in [4.78, 5) is 11.6. The number of aliphatic hydroxyl groups excluding tert-OH is 5. The lowest BCUT2D eigenvalue weighted by molar-refractivity contribution is -0.315. The maximum Gasteiger partial charge on any atom is 0.312 e. The largest absolute Gasteiger partial charge is 0.394 e. The molecule has 3 aliphatic rings. The van der Waals surface area contributed by atoms with Crippen LogP contribution in [0.2, 0.25) is 0 Å². The van der Waals surface area contributed by atoms with Crippen LogP contribution in [0.1, 0.15) is 12.8 Å². The molecule has 16 nitrogen and oxygen atoms in total. The fraction of sp³-hybridized carbons (Fsp3) is 0.947. The molecule has 2 amide bonds. The molecule has 14 atom stereocenters. The zero-order chi connectivity index (χ0) is 26.0. The van der Waals surface area contributed by atoms with E-state index in [1.165, 1.54) is 0 Å². The van der Waals surface area contributed by atoms with Gasteiger partial charge in [-0.25, -0.2) is 4.79 Å². The van der Waals surface area contributed by atoms with E-state index in [-0.39, 0.29) is 69.0 Å². The van der Waals surface area contributed by atoms with Crippen LogP contribution in [-0.2, 0) is 18.9 Å². The van der Waals surface area contributed by atoms with Gasteiger partial charge in [-0.2, -0.15) is 0 Å². The topological polar surface area (TPSA) is 297 Å². The molecule has 0 aromatic heterocycles. The zero-order valence-electron chi connectivity index (χ0n) is 20.7. The second-order valence-corrected chi connectivity index (χ2v) is 9.24. The summed E-state index contributed by atoms with van der Waals surface area (Å²) >= 11 is 0. The first-order valence-corrected chi connectivity index (χ1v) is 11.5. The molecule has 3 rings (SSSR count). The van der Waals surface area contributed by atoms with E-state index in [0.29, 0.717) is 0 Å². The third kappa shape index (κ3) is 9.45. The first-order valence-electron chi connectivity index (χ1n) is 11.5. The van der Waals surface area contributed by atoms with Crippen LogP contribution in [0, 0.1) is 0 Å². The number of hydrogen-bond acceptors (Lipinski definition) is 14. The molecule has 0 aromatic carbocycles. The fourth-order valence-electron chi connectivity index (χ4n) is 4.71. The normalized spacial score (nSPS) is 43.9. The minimum Gasteiger partial charge on any atom is -0.394 e. The number of amides is 2. The lowest BCUT2D eigenvalue weighted by Crippen LogP contribution is -2.69. The summed E-state index contributed by atoms with van der Waals surface area (Å²) in [5, 5.41) is 53.6. The number of hydrogen-bond donors (Lipinski definition) is 11. The van der Waals surface area contributed by atoms with Crippen LogP contribution in [0.15, 0.2) is 0 Å². The van der Waals surface area contributed by atoms with Crippen molar-refractivity contribution in [1.29, 1.82) is 0 Å². The third-order valence-corrected chi connectivity index (χ3v) is 6.70. The van der Waals surface area contributed by atoms with E-state index in [0.717, 1.165) is 0 Å². The van der Waals surface area contributed by atoms with E-state index in [2.05, 4.69) is 5.32 Å². The highest BCUT2D eigenvalue weighted by molar-refractivity contribution is 5.86. The molecule has 0 radical (unpaired) electrons. The molecule has 16 N–H and O–H groups in total. The Bertz CT molecular complexity index is 728. The van der Waals surface area contributed by atoms with E-state index in [1.807, 2.05) is 0 Å². The average Bonchev–Trinajstić information content (AvgIpc) is 2.79. The first kappa shape index (κ1) is 41.0. The van der Waals surface area contributed by atoms with Crippen molar-refractivity contribution in [2.45, 2.75) is 98.4 Å². The van der Waals surface area contributed by atoms with E-state index < -0.39 is 98.2 Å². The molecule has 20 heteroatoms. The maximum absolute atomic E-state index is 11.6.